The predicted molar refractivity (Wildman–Crippen MR) is 45.3 cm³/mol. The van der Waals surface area contributed by atoms with E-state index < -0.39 is 23.5 Å². The molecule has 0 heterocycles. The summed E-state index contributed by atoms with van der Waals surface area (Å²) in [4.78, 5) is 25.9. The van der Waals surface area contributed by atoms with E-state index in [1.165, 1.54) is 6.92 Å². The Morgan fingerprint density at radius 3 is 2.00 bits per heavy atom. The lowest BCUT2D eigenvalue weighted by Crippen LogP contribution is -2.32. The van der Waals surface area contributed by atoms with Gasteiger partial charge < -0.3 is 9.57 Å². The van der Waals surface area contributed by atoms with E-state index in [2.05, 4.69) is 10.7 Å². The SMILES string of the molecule is C[C@H](C(=O)ON)C(=O)OC(C)(C)C. The van der Waals surface area contributed by atoms with Gasteiger partial charge in [-0.25, -0.2) is 4.79 Å². The zero-order valence-corrected chi connectivity index (χ0v) is 8.29. The predicted octanol–water partition coefficient (Wildman–Crippen LogP) is 0.381. The van der Waals surface area contributed by atoms with Gasteiger partial charge in [0.25, 0.3) is 0 Å². The van der Waals surface area contributed by atoms with Crippen LogP contribution in [0.1, 0.15) is 27.7 Å². The van der Waals surface area contributed by atoms with Gasteiger partial charge in [0, 0.05) is 0 Å². The average Bonchev–Trinajstić information content (AvgIpc) is 1.98. The highest BCUT2D eigenvalue weighted by Gasteiger charge is 2.27. The molecule has 0 rings (SSSR count). The molecule has 0 aliphatic carbocycles. The first-order chi connectivity index (χ1) is 5.78. The lowest BCUT2D eigenvalue weighted by molar-refractivity contribution is -0.168. The number of ether oxygens (including phenoxy) is 1. The molecule has 0 saturated heterocycles. The Labute approximate surface area is 77.1 Å². The molecule has 0 unspecified atom stereocenters. The van der Waals surface area contributed by atoms with Crippen molar-refractivity contribution < 1.29 is 19.2 Å². The molecule has 5 nitrogen and oxygen atoms in total. The van der Waals surface area contributed by atoms with Crippen LogP contribution in [-0.4, -0.2) is 17.5 Å². The van der Waals surface area contributed by atoms with Gasteiger partial charge in [-0.05, 0) is 27.7 Å². The molecule has 0 amide bonds. The van der Waals surface area contributed by atoms with Crippen molar-refractivity contribution in [2.24, 2.45) is 11.8 Å². The maximum atomic E-state index is 11.2. The van der Waals surface area contributed by atoms with Crippen LogP contribution in [0.3, 0.4) is 0 Å². The van der Waals surface area contributed by atoms with Crippen LogP contribution in [0.2, 0.25) is 0 Å². The maximum Gasteiger partial charge on any atom is 0.338 e. The molecule has 0 aliphatic heterocycles. The van der Waals surface area contributed by atoms with Crippen molar-refractivity contribution in [1.82, 2.24) is 0 Å². The van der Waals surface area contributed by atoms with Gasteiger partial charge in [0.15, 0.2) is 5.92 Å². The Morgan fingerprint density at radius 2 is 1.69 bits per heavy atom. The van der Waals surface area contributed by atoms with E-state index in [4.69, 9.17) is 4.74 Å². The van der Waals surface area contributed by atoms with Gasteiger partial charge in [0.05, 0.1) is 0 Å². The van der Waals surface area contributed by atoms with E-state index in [1.807, 2.05) is 0 Å². The van der Waals surface area contributed by atoms with Crippen molar-refractivity contribution in [3.05, 3.63) is 0 Å². The van der Waals surface area contributed by atoms with E-state index in [1.54, 1.807) is 20.8 Å². The van der Waals surface area contributed by atoms with Crippen molar-refractivity contribution in [1.29, 1.82) is 0 Å². The van der Waals surface area contributed by atoms with Crippen LogP contribution < -0.4 is 5.90 Å². The number of carbonyl (C=O) groups excluding carboxylic acids is 2. The Balaban J connectivity index is 4.20. The average molecular weight is 189 g/mol. The zero-order valence-electron chi connectivity index (χ0n) is 8.29. The molecular formula is C8H15NO4. The van der Waals surface area contributed by atoms with Crippen molar-refractivity contribution in [3.8, 4) is 0 Å². The number of hydrogen-bond acceptors (Lipinski definition) is 5. The second kappa shape index (κ2) is 4.23. The van der Waals surface area contributed by atoms with Crippen molar-refractivity contribution in [2.45, 2.75) is 33.3 Å². The minimum atomic E-state index is -0.982. The third-order valence-corrected chi connectivity index (χ3v) is 1.23. The fourth-order valence-electron chi connectivity index (χ4n) is 0.588. The van der Waals surface area contributed by atoms with Gasteiger partial charge in [0.2, 0.25) is 0 Å². The molecule has 0 aromatic heterocycles. The van der Waals surface area contributed by atoms with Crippen LogP contribution in [0.4, 0.5) is 0 Å². The third-order valence-electron chi connectivity index (χ3n) is 1.23. The summed E-state index contributed by atoms with van der Waals surface area (Å²) in [5.74, 6) is 2.20. The minimum absolute atomic E-state index is 0.611. The van der Waals surface area contributed by atoms with Gasteiger partial charge in [0.1, 0.15) is 5.60 Å². The minimum Gasteiger partial charge on any atom is -0.459 e. The second-order valence-corrected chi connectivity index (χ2v) is 3.69. The first-order valence-corrected chi connectivity index (χ1v) is 3.91. The van der Waals surface area contributed by atoms with E-state index in [0.717, 1.165) is 0 Å². The van der Waals surface area contributed by atoms with Gasteiger partial charge in [-0.2, -0.15) is 5.90 Å². The molecule has 0 fully saturated rings. The lowest BCUT2D eigenvalue weighted by Gasteiger charge is -2.21. The lowest BCUT2D eigenvalue weighted by atomic mass is 10.1. The molecular weight excluding hydrogens is 174 g/mol. The molecule has 0 bridgehead atoms. The topological polar surface area (TPSA) is 78.6 Å². The first kappa shape index (κ1) is 11.9. The van der Waals surface area contributed by atoms with Crippen molar-refractivity contribution >= 4 is 11.9 Å². The largest absolute Gasteiger partial charge is 0.459 e. The van der Waals surface area contributed by atoms with Crippen LogP contribution in [0, 0.1) is 5.92 Å². The van der Waals surface area contributed by atoms with Crippen LogP contribution in [0.5, 0.6) is 0 Å². The van der Waals surface area contributed by atoms with Gasteiger partial charge in [-0.1, -0.05) is 0 Å². The van der Waals surface area contributed by atoms with Gasteiger partial charge >= 0.3 is 11.9 Å². The molecule has 0 aromatic carbocycles. The molecule has 0 aliphatic rings. The molecule has 13 heavy (non-hydrogen) atoms. The van der Waals surface area contributed by atoms with E-state index in [0.29, 0.717) is 0 Å². The standard InChI is InChI=1S/C8H15NO4/c1-5(7(11)13-9)6(10)12-8(2,3)4/h5H,9H2,1-4H3/t5-/m0/s1. The van der Waals surface area contributed by atoms with Crippen LogP contribution in [0.25, 0.3) is 0 Å². The van der Waals surface area contributed by atoms with Gasteiger partial charge in [-0.3, -0.25) is 4.79 Å². The van der Waals surface area contributed by atoms with Crippen LogP contribution in [-0.2, 0) is 19.2 Å². The summed E-state index contributed by atoms with van der Waals surface area (Å²) in [6.07, 6.45) is 0. The molecule has 0 radical (unpaired) electrons. The quantitative estimate of drug-likeness (QED) is 0.386. The molecule has 1 atom stereocenters. The summed E-state index contributed by atoms with van der Waals surface area (Å²) >= 11 is 0. The summed E-state index contributed by atoms with van der Waals surface area (Å²) in [7, 11) is 0. The first-order valence-electron chi connectivity index (χ1n) is 3.91. The summed E-state index contributed by atoms with van der Waals surface area (Å²) in [6.45, 7) is 6.52. The highest BCUT2D eigenvalue weighted by molar-refractivity contribution is 5.94. The number of carbonyl (C=O) groups is 2. The van der Waals surface area contributed by atoms with Crippen LogP contribution in [0.15, 0.2) is 0 Å². The smallest absolute Gasteiger partial charge is 0.338 e. The molecule has 0 spiro atoms. The van der Waals surface area contributed by atoms with Crippen molar-refractivity contribution in [3.63, 3.8) is 0 Å². The third kappa shape index (κ3) is 4.47. The summed E-state index contributed by atoms with van der Waals surface area (Å²) < 4.78 is 4.93. The number of nitrogens with two attached hydrogens (primary N) is 1. The summed E-state index contributed by atoms with van der Waals surface area (Å²) in [5, 5.41) is 0. The molecule has 0 saturated carbocycles. The van der Waals surface area contributed by atoms with E-state index >= 15 is 0 Å². The fourth-order valence-corrected chi connectivity index (χ4v) is 0.588. The normalized spacial score (nSPS) is 13.3. The number of esters is 1. The van der Waals surface area contributed by atoms with Crippen LogP contribution >= 0.6 is 0 Å². The summed E-state index contributed by atoms with van der Waals surface area (Å²) in [5.41, 5.74) is -0.611. The number of hydrogen-bond donors (Lipinski definition) is 1. The highest BCUT2D eigenvalue weighted by atomic mass is 16.7. The monoisotopic (exact) mass is 189 g/mol. The Hall–Kier alpha value is -1.10. The fraction of sp³-hybridized carbons (Fsp3) is 0.750. The second-order valence-electron chi connectivity index (χ2n) is 3.69. The Kier molecular flexibility index (Phi) is 3.87. The molecule has 0 aromatic rings. The van der Waals surface area contributed by atoms with Gasteiger partial charge in [-0.15, -0.1) is 0 Å². The Morgan fingerprint density at radius 1 is 1.23 bits per heavy atom. The maximum absolute atomic E-state index is 11.2. The summed E-state index contributed by atoms with van der Waals surface area (Å²) in [6, 6.07) is 0. The van der Waals surface area contributed by atoms with E-state index in [-0.39, 0.29) is 0 Å². The molecule has 76 valence electrons. The Bertz CT molecular complexity index is 207. The number of rotatable bonds is 2. The zero-order chi connectivity index (χ0) is 10.6. The highest BCUT2D eigenvalue weighted by Crippen LogP contribution is 2.11. The molecule has 5 heteroatoms. The van der Waals surface area contributed by atoms with E-state index in [9.17, 15) is 9.59 Å². The molecule has 2 N–H and O–H groups in total. The van der Waals surface area contributed by atoms with Crippen molar-refractivity contribution in [2.75, 3.05) is 0 Å².